The zero-order chi connectivity index (χ0) is 22.3. The zero-order valence-corrected chi connectivity index (χ0v) is 18.2. The van der Waals surface area contributed by atoms with Gasteiger partial charge in [0, 0.05) is 35.6 Å². The number of esters is 1. The van der Waals surface area contributed by atoms with Gasteiger partial charge in [-0.2, -0.15) is 0 Å². The minimum Gasteiger partial charge on any atom is -0.481 e. The molecule has 0 unspecified atom stereocenters. The van der Waals surface area contributed by atoms with Crippen LogP contribution in [0.3, 0.4) is 0 Å². The predicted octanol–water partition coefficient (Wildman–Crippen LogP) is 3.32. The molecule has 9 heteroatoms. The molecule has 4 rings (SSSR count). The number of aliphatic carboxylic acids is 1. The second-order valence-corrected chi connectivity index (χ2v) is 9.38. The van der Waals surface area contributed by atoms with Crippen molar-refractivity contribution in [3.63, 3.8) is 0 Å². The summed E-state index contributed by atoms with van der Waals surface area (Å²) >= 11 is 1.21. The molecule has 2 aromatic heterocycles. The third-order valence-corrected chi connectivity index (χ3v) is 5.75. The first-order valence-electron chi connectivity index (χ1n) is 9.81. The van der Waals surface area contributed by atoms with Crippen molar-refractivity contribution in [1.82, 2.24) is 4.98 Å². The number of carbonyl (C=O) groups excluding carboxylic acids is 1. The third-order valence-electron chi connectivity index (χ3n) is 4.82. The number of hydrogen-bond donors (Lipinski definition) is 1. The summed E-state index contributed by atoms with van der Waals surface area (Å²) in [6.07, 6.45) is -0.196. The molecule has 8 nitrogen and oxygen atoms in total. The summed E-state index contributed by atoms with van der Waals surface area (Å²) in [7, 11) is 0. The van der Waals surface area contributed by atoms with Gasteiger partial charge in [-0.05, 0) is 39.0 Å². The summed E-state index contributed by atoms with van der Waals surface area (Å²) < 4.78 is 10.9. The number of carbonyl (C=O) groups is 2. The molecule has 0 atom stereocenters. The van der Waals surface area contributed by atoms with Gasteiger partial charge in [-0.25, -0.2) is 9.78 Å². The maximum absolute atomic E-state index is 12.5. The van der Waals surface area contributed by atoms with Crippen LogP contribution in [0.5, 0.6) is 0 Å². The number of nitrogens with zero attached hydrogens (tertiary/aromatic N) is 2. The normalized spacial score (nSPS) is 14.5. The standard InChI is InChI=1S/C22H22N2O6S/c1-22(2,3)30-20(27)13-9-24(10-13)15-5-4-12-6-16(21(28)29-17(12)8-15)19-23-14(11-31-19)7-18(25)26/h4-6,8,11,13H,7,9-10H2,1-3H3,(H,25,26). The summed E-state index contributed by atoms with van der Waals surface area (Å²) in [5, 5.41) is 11.7. The van der Waals surface area contributed by atoms with Crippen molar-refractivity contribution in [2.24, 2.45) is 5.92 Å². The summed E-state index contributed by atoms with van der Waals surface area (Å²) in [4.78, 5) is 41.8. The molecule has 1 N–H and O–H groups in total. The van der Waals surface area contributed by atoms with E-state index in [2.05, 4.69) is 4.98 Å². The van der Waals surface area contributed by atoms with Crippen LogP contribution in [0.15, 0.2) is 38.9 Å². The fourth-order valence-electron chi connectivity index (χ4n) is 3.34. The second kappa shape index (κ2) is 7.81. The van der Waals surface area contributed by atoms with E-state index in [0.717, 1.165) is 11.1 Å². The molecule has 1 aliphatic rings. The van der Waals surface area contributed by atoms with Gasteiger partial charge in [0.25, 0.3) is 0 Å². The Morgan fingerprint density at radius 2 is 2.03 bits per heavy atom. The van der Waals surface area contributed by atoms with Crippen LogP contribution in [-0.2, 0) is 20.7 Å². The van der Waals surface area contributed by atoms with Crippen molar-refractivity contribution in [2.75, 3.05) is 18.0 Å². The first-order chi connectivity index (χ1) is 14.6. The lowest BCUT2D eigenvalue weighted by Crippen LogP contribution is -2.52. The van der Waals surface area contributed by atoms with E-state index in [4.69, 9.17) is 14.3 Å². The van der Waals surface area contributed by atoms with Crippen molar-refractivity contribution in [1.29, 1.82) is 0 Å². The van der Waals surface area contributed by atoms with E-state index in [1.54, 1.807) is 17.5 Å². The van der Waals surface area contributed by atoms with Gasteiger partial charge in [-0.1, -0.05) is 0 Å². The Morgan fingerprint density at radius 3 is 2.71 bits per heavy atom. The van der Waals surface area contributed by atoms with E-state index in [1.807, 2.05) is 37.8 Å². The lowest BCUT2D eigenvalue weighted by Gasteiger charge is -2.40. The number of aromatic nitrogens is 1. The van der Waals surface area contributed by atoms with Gasteiger partial charge >= 0.3 is 17.6 Å². The van der Waals surface area contributed by atoms with Crippen molar-refractivity contribution >= 4 is 39.9 Å². The van der Waals surface area contributed by atoms with E-state index < -0.39 is 17.2 Å². The molecule has 1 aromatic carbocycles. The third kappa shape index (κ3) is 4.61. The molecule has 31 heavy (non-hydrogen) atoms. The van der Waals surface area contributed by atoms with E-state index in [1.165, 1.54) is 11.3 Å². The molecule has 0 amide bonds. The molecule has 0 aliphatic carbocycles. The first-order valence-corrected chi connectivity index (χ1v) is 10.7. The molecule has 1 aliphatic heterocycles. The fourth-order valence-corrected chi connectivity index (χ4v) is 4.16. The number of benzene rings is 1. The van der Waals surface area contributed by atoms with Gasteiger partial charge in [-0.3, -0.25) is 9.59 Å². The number of carboxylic acid groups (broad SMARTS) is 1. The van der Waals surface area contributed by atoms with Crippen LogP contribution in [0.25, 0.3) is 21.5 Å². The Balaban J connectivity index is 1.52. The molecule has 0 radical (unpaired) electrons. The molecule has 0 saturated carbocycles. The van der Waals surface area contributed by atoms with Gasteiger partial charge in [0.1, 0.15) is 16.2 Å². The molecule has 3 heterocycles. The highest BCUT2D eigenvalue weighted by molar-refractivity contribution is 7.13. The number of ether oxygens (including phenoxy) is 1. The van der Waals surface area contributed by atoms with Crippen LogP contribution in [0.2, 0.25) is 0 Å². The maximum atomic E-state index is 12.5. The van der Waals surface area contributed by atoms with E-state index >= 15 is 0 Å². The summed E-state index contributed by atoms with van der Waals surface area (Å²) in [6.45, 7) is 6.64. The van der Waals surface area contributed by atoms with E-state index in [9.17, 15) is 14.4 Å². The SMILES string of the molecule is CC(C)(C)OC(=O)C1CN(c2ccc3cc(-c4nc(CC(=O)O)cs4)c(=O)oc3c2)C1. The van der Waals surface area contributed by atoms with E-state index in [0.29, 0.717) is 34.9 Å². The van der Waals surface area contributed by atoms with Crippen LogP contribution in [-0.4, -0.2) is 40.7 Å². The van der Waals surface area contributed by atoms with Crippen molar-refractivity contribution in [3.05, 3.63) is 45.8 Å². The largest absolute Gasteiger partial charge is 0.481 e. The van der Waals surface area contributed by atoms with Crippen LogP contribution in [0.4, 0.5) is 5.69 Å². The first kappa shape index (κ1) is 21.0. The molecule has 162 valence electrons. The summed E-state index contributed by atoms with van der Waals surface area (Å²) in [6, 6.07) is 7.25. The number of rotatable bonds is 5. The highest BCUT2D eigenvalue weighted by Gasteiger charge is 2.36. The fraction of sp³-hybridized carbons (Fsp3) is 0.364. The minimum atomic E-state index is -0.977. The maximum Gasteiger partial charge on any atom is 0.346 e. The molecule has 3 aromatic rings. The predicted molar refractivity (Wildman–Crippen MR) is 116 cm³/mol. The van der Waals surface area contributed by atoms with Crippen LogP contribution >= 0.6 is 11.3 Å². The highest BCUT2D eigenvalue weighted by atomic mass is 32.1. The molecule has 0 spiro atoms. The number of anilines is 1. The number of carboxylic acids is 1. The minimum absolute atomic E-state index is 0.172. The topological polar surface area (TPSA) is 110 Å². The van der Waals surface area contributed by atoms with Crippen molar-refractivity contribution in [3.8, 4) is 10.6 Å². The Labute approximate surface area is 182 Å². The van der Waals surface area contributed by atoms with Crippen LogP contribution in [0.1, 0.15) is 26.5 Å². The average Bonchev–Trinajstić information content (AvgIpc) is 3.05. The second-order valence-electron chi connectivity index (χ2n) is 8.52. The smallest absolute Gasteiger partial charge is 0.346 e. The average molecular weight is 442 g/mol. The monoisotopic (exact) mass is 442 g/mol. The number of hydrogen-bond acceptors (Lipinski definition) is 8. The Bertz CT molecular complexity index is 1220. The van der Waals surface area contributed by atoms with Gasteiger partial charge in [-0.15, -0.1) is 11.3 Å². The Kier molecular flexibility index (Phi) is 5.30. The van der Waals surface area contributed by atoms with Gasteiger partial charge in [0.2, 0.25) is 0 Å². The number of thiazole rings is 1. The lowest BCUT2D eigenvalue weighted by molar-refractivity contribution is -0.160. The van der Waals surface area contributed by atoms with Crippen LogP contribution in [0, 0.1) is 5.92 Å². The van der Waals surface area contributed by atoms with Gasteiger partial charge in [0.05, 0.1) is 23.6 Å². The molecular formula is C22H22N2O6S. The van der Waals surface area contributed by atoms with Crippen molar-refractivity contribution in [2.45, 2.75) is 32.8 Å². The molecule has 1 saturated heterocycles. The Morgan fingerprint density at radius 1 is 1.29 bits per heavy atom. The van der Waals surface area contributed by atoms with Gasteiger partial charge in [0.15, 0.2) is 0 Å². The highest BCUT2D eigenvalue weighted by Crippen LogP contribution is 2.31. The summed E-state index contributed by atoms with van der Waals surface area (Å²) in [5.41, 5.74) is 0.968. The van der Waals surface area contributed by atoms with Gasteiger partial charge < -0.3 is 19.2 Å². The van der Waals surface area contributed by atoms with E-state index in [-0.39, 0.29) is 18.3 Å². The number of fused-ring (bicyclic) bond motifs is 1. The summed E-state index contributed by atoms with van der Waals surface area (Å²) in [5.74, 6) is -1.35. The molecule has 1 fully saturated rings. The quantitative estimate of drug-likeness (QED) is 0.473. The zero-order valence-electron chi connectivity index (χ0n) is 17.4. The molecular weight excluding hydrogens is 420 g/mol. The Hall–Kier alpha value is -3.20. The molecule has 0 bridgehead atoms. The lowest BCUT2D eigenvalue weighted by atomic mass is 9.98. The van der Waals surface area contributed by atoms with Crippen molar-refractivity contribution < 1.29 is 23.8 Å². The van der Waals surface area contributed by atoms with Crippen LogP contribution < -0.4 is 10.5 Å².